The molecule has 0 bridgehead atoms. The summed E-state index contributed by atoms with van der Waals surface area (Å²) in [5.41, 5.74) is 7.34. The zero-order chi connectivity index (χ0) is 19.4. The van der Waals surface area contributed by atoms with Crippen LogP contribution in [0.15, 0.2) is 64.2 Å². The molecule has 0 aliphatic rings. The molecular weight excluding hydrogens is 409 g/mol. The smallest absolute Gasteiger partial charge is 0.244 e. The Morgan fingerprint density at radius 1 is 1.19 bits per heavy atom. The molecule has 0 saturated carbocycles. The number of amides is 1. The molecule has 4 nitrogen and oxygen atoms in total. The summed E-state index contributed by atoms with van der Waals surface area (Å²) in [6.45, 7) is 4.04. The van der Waals surface area contributed by atoms with Gasteiger partial charge in [-0.2, -0.15) is 5.10 Å². The quantitative estimate of drug-likeness (QED) is 0.465. The van der Waals surface area contributed by atoms with Crippen molar-refractivity contribution in [3.63, 3.8) is 0 Å². The Labute approximate surface area is 165 Å². The fraction of sp³-hybridized carbons (Fsp3) is 0.143. The minimum Gasteiger partial charge on any atom is -0.318 e. The number of hydrazone groups is 1. The minimum absolute atomic E-state index is 0.148. The Bertz CT molecular complexity index is 993. The molecule has 27 heavy (non-hydrogen) atoms. The van der Waals surface area contributed by atoms with Gasteiger partial charge in [0.05, 0.1) is 12.6 Å². The van der Waals surface area contributed by atoms with Gasteiger partial charge in [0.1, 0.15) is 5.82 Å². The highest BCUT2D eigenvalue weighted by molar-refractivity contribution is 9.10. The lowest BCUT2D eigenvalue weighted by molar-refractivity contribution is -0.120. The summed E-state index contributed by atoms with van der Waals surface area (Å²) in [5.74, 6) is -0.573. The van der Waals surface area contributed by atoms with Crippen LogP contribution < -0.4 is 5.43 Å². The van der Waals surface area contributed by atoms with E-state index in [0.717, 1.165) is 32.7 Å². The van der Waals surface area contributed by atoms with Crippen molar-refractivity contribution >= 4 is 28.1 Å². The molecule has 0 radical (unpaired) electrons. The number of hydrogen-bond donors (Lipinski definition) is 1. The second-order valence-electron chi connectivity index (χ2n) is 6.24. The summed E-state index contributed by atoms with van der Waals surface area (Å²) in [7, 11) is 0. The van der Waals surface area contributed by atoms with Crippen LogP contribution in [0.25, 0.3) is 5.69 Å². The van der Waals surface area contributed by atoms with Crippen molar-refractivity contribution in [1.29, 1.82) is 0 Å². The molecule has 0 aliphatic carbocycles. The van der Waals surface area contributed by atoms with Crippen LogP contribution in [-0.2, 0) is 11.2 Å². The SMILES string of the molecule is Cc1cc(/C=N/NC(=O)Cc2ccc(F)cc2)c(C)n1-c1cccc(Br)c1. The van der Waals surface area contributed by atoms with Gasteiger partial charge in [-0.15, -0.1) is 0 Å². The molecular formula is C21H19BrFN3O. The minimum atomic E-state index is -0.321. The van der Waals surface area contributed by atoms with E-state index in [2.05, 4.69) is 31.0 Å². The van der Waals surface area contributed by atoms with E-state index in [9.17, 15) is 9.18 Å². The predicted molar refractivity (Wildman–Crippen MR) is 109 cm³/mol. The van der Waals surface area contributed by atoms with E-state index in [0.29, 0.717) is 0 Å². The highest BCUT2D eigenvalue weighted by Crippen LogP contribution is 2.22. The lowest BCUT2D eigenvalue weighted by Gasteiger charge is -2.09. The standard InChI is InChI=1S/C21H19BrFN3O/c1-14-10-17(15(2)26(14)20-5-3-4-18(22)12-20)13-24-25-21(27)11-16-6-8-19(23)9-7-16/h3-10,12-13H,11H2,1-2H3,(H,25,27)/b24-13+. The fourth-order valence-corrected chi connectivity index (χ4v) is 3.32. The van der Waals surface area contributed by atoms with Gasteiger partial charge in [-0.05, 0) is 55.8 Å². The average Bonchev–Trinajstić information content (AvgIpc) is 2.91. The highest BCUT2D eigenvalue weighted by Gasteiger charge is 2.10. The molecule has 6 heteroatoms. The van der Waals surface area contributed by atoms with Gasteiger partial charge in [0, 0.05) is 27.1 Å². The number of carbonyl (C=O) groups excluding carboxylic acids is 1. The van der Waals surface area contributed by atoms with Crippen LogP contribution in [0, 0.1) is 19.7 Å². The van der Waals surface area contributed by atoms with Crippen molar-refractivity contribution in [3.05, 3.63) is 87.4 Å². The molecule has 3 aromatic rings. The molecule has 1 aromatic heterocycles. The summed E-state index contributed by atoms with van der Waals surface area (Å²) in [5, 5.41) is 4.06. The van der Waals surface area contributed by atoms with Crippen LogP contribution in [0.3, 0.4) is 0 Å². The number of nitrogens with zero attached hydrogens (tertiary/aromatic N) is 2. The maximum atomic E-state index is 12.9. The monoisotopic (exact) mass is 427 g/mol. The van der Waals surface area contributed by atoms with E-state index in [1.165, 1.54) is 12.1 Å². The maximum Gasteiger partial charge on any atom is 0.244 e. The third-order valence-corrected chi connectivity index (χ3v) is 4.70. The van der Waals surface area contributed by atoms with Crippen molar-refractivity contribution < 1.29 is 9.18 Å². The van der Waals surface area contributed by atoms with Crippen LogP contribution in [0.2, 0.25) is 0 Å². The first-order chi connectivity index (χ1) is 12.9. The van der Waals surface area contributed by atoms with Crippen LogP contribution in [0.1, 0.15) is 22.5 Å². The maximum absolute atomic E-state index is 12.9. The molecule has 1 amide bonds. The van der Waals surface area contributed by atoms with Crippen LogP contribution in [0.5, 0.6) is 0 Å². The summed E-state index contributed by atoms with van der Waals surface area (Å²) in [6, 6.07) is 15.9. The Balaban J connectivity index is 1.69. The predicted octanol–water partition coefficient (Wildman–Crippen LogP) is 4.69. The zero-order valence-electron chi connectivity index (χ0n) is 15.0. The van der Waals surface area contributed by atoms with Crippen molar-refractivity contribution in [2.75, 3.05) is 0 Å². The number of benzene rings is 2. The highest BCUT2D eigenvalue weighted by atomic mass is 79.9. The van der Waals surface area contributed by atoms with Crippen LogP contribution in [0.4, 0.5) is 4.39 Å². The molecule has 138 valence electrons. The second-order valence-corrected chi connectivity index (χ2v) is 7.15. The molecule has 1 N–H and O–H groups in total. The van der Waals surface area contributed by atoms with E-state index in [-0.39, 0.29) is 18.1 Å². The van der Waals surface area contributed by atoms with Crippen molar-refractivity contribution in [1.82, 2.24) is 9.99 Å². The number of aromatic nitrogens is 1. The number of rotatable bonds is 5. The Morgan fingerprint density at radius 3 is 2.63 bits per heavy atom. The molecule has 1 heterocycles. The molecule has 3 rings (SSSR count). The van der Waals surface area contributed by atoms with E-state index < -0.39 is 0 Å². The topological polar surface area (TPSA) is 46.4 Å². The van der Waals surface area contributed by atoms with Gasteiger partial charge in [0.2, 0.25) is 5.91 Å². The first kappa shape index (κ1) is 19.0. The number of halogens is 2. The van der Waals surface area contributed by atoms with Gasteiger partial charge >= 0.3 is 0 Å². The van der Waals surface area contributed by atoms with E-state index in [1.807, 2.05) is 44.2 Å². The summed E-state index contributed by atoms with van der Waals surface area (Å²) >= 11 is 3.50. The lowest BCUT2D eigenvalue weighted by Crippen LogP contribution is -2.19. The fourth-order valence-electron chi connectivity index (χ4n) is 2.93. The van der Waals surface area contributed by atoms with Gasteiger partial charge in [0.15, 0.2) is 0 Å². The molecule has 2 aromatic carbocycles. The summed E-state index contributed by atoms with van der Waals surface area (Å²) in [6.07, 6.45) is 1.79. The zero-order valence-corrected chi connectivity index (χ0v) is 16.6. The van der Waals surface area contributed by atoms with Gasteiger partial charge in [-0.3, -0.25) is 4.79 Å². The first-order valence-corrected chi connectivity index (χ1v) is 9.24. The largest absolute Gasteiger partial charge is 0.318 e. The summed E-state index contributed by atoms with van der Waals surface area (Å²) < 4.78 is 16.0. The average molecular weight is 428 g/mol. The number of aryl methyl sites for hydroxylation is 1. The molecule has 0 aliphatic heterocycles. The third-order valence-electron chi connectivity index (χ3n) is 4.21. The molecule has 0 spiro atoms. The van der Waals surface area contributed by atoms with Gasteiger partial charge in [-0.1, -0.05) is 34.1 Å². The second kappa shape index (κ2) is 8.31. The summed E-state index contributed by atoms with van der Waals surface area (Å²) in [4.78, 5) is 12.0. The van der Waals surface area contributed by atoms with Crippen LogP contribution in [-0.4, -0.2) is 16.7 Å². The lowest BCUT2D eigenvalue weighted by atomic mass is 10.1. The normalized spacial score (nSPS) is 11.1. The van der Waals surface area contributed by atoms with Crippen molar-refractivity contribution in [2.24, 2.45) is 5.10 Å². The van der Waals surface area contributed by atoms with Crippen molar-refractivity contribution in [3.8, 4) is 5.69 Å². The van der Waals surface area contributed by atoms with E-state index >= 15 is 0 Å². The molecule has 0 unspecified atom stereocenters. The Kier molecular flexibility index (Phi) is 5.86. The molecule has 0 saturated heterocycles. The number of carbonyl (C=O) groups is 1. The van der Waals surface area contributed by atoms with Crippen LogP contribution >= 0.6 is 15.9 Å². The van der Waals surface area contributed by atoms with Crippen molar-refractivity contribution in [2.45, 2.75) is 20.3 Å². The van der Waals surface area contributed by atoms with E-state index in [1.54, 1.807) is 18.3 Å². The molecule has 0 atom stereocenters. The first-order valence-electron chi connectivity index (χ1n) is 8.45. The molecule has 0 fully saturated rings. The Morgan fingerprint density at radius 2 is 1.93 bits per heavy atom. The van der Waals surface area contributed by atoms with Gasteiger partial charge in [0.25, 0.3) is 0 Å². The Hall–Kier alpha value is -2.73. The number of nitrogens with one attached hydrogen (secondary N) is 1. The van der Waals surface area contributed by atoms with E-state index in [4.69, 9.17) is 0 Å². The third kappa shape index (κ3) is 4.71. The van der Waals surface area contributed by atoms with Gasteiger partial charge in [-0.25, -0.2) is 9.82 Å². The van der Waals surface area contributed by atoms with Gasteiger partial charge < -0.3 is 4.57 Å². The number of hydrogen-bond acceptors (Lipinski definition) is 2.